The van der Waals surface area contributed by atoms with Crippen molar-refractivity contribution in [2.45, 2.75) is 38.1 Å². The third-order valence-electron chi connectivity index (χ3n) is 4.47. The first-order chi connectivity index (χ1) is 10.4. The first kappa shape index (κ1) is 19.6. The van der Waals surface area contributed by atoms with Gasteiger partial charge in [-0.15, -0.1) is 12.4 Å². The van der Waals surface area contributed by atoms with Crippen LogP contribution in [-0.4, -0.2) is 44.2 Å². The lowest BCUT2D eigenvalue weighted by molar-refractivity contribution is -0.137. The zero-order valence-corrected chi connectivity index (χ0v) is 15.1. The Labute approximate surface area is 144 Å². The molecule has 0 aliphatic carbocycles. The highest BCUT2D eigenvalue weighted by atomic mass is 35.5. The predicted octanol–water partition coefficient (Wildman–Crippen LogP) is 2.35. The first-order valence-corrected chi connectivity index (χ1v) is 7.67. The van der Waals surface area contributed by atoms with Crippen LogP contribution in [0.3, 0.4) is 0 Å². The van der Waals surface area contributed by atoms with Gasteiger partial charge in [0.2, 0.25) is 5.91 Å². The number of carbonyl (C=O) groups excluding carboxylic acids is 1. The Morgan fingerprint density at radius 2 is 1.74 bits per heavy atom. The molecule has 0 spiro atoms. The molecule has 1 heterocycles. The van der Waals surface area contributed by atoms with Crippen molar-refractivity contribution in [3.8, 4) is 11.5 Å². The summed E-state index contributed by atoms with van der Waals surface area (Å²) in [5.74, 6) is 1.44. The van der Waals surface area contributed by atoms with E-state index in [0.717, 1.165) is 31.5 Å². The van der Waals surface area contributed by atoms with Gasteiger partial charge in [0.1, 0.15) is 0 Å². The maximum absolute atomic E-state index is 12.9. The highest BCUT2D eigenvalue weighted by molar-refractivity contribution is 5.87. The minimum atomic E-state index is -0.610. The lowest BCUT2D eigenvalue weighted by atomic mass is 9.82. The van der Waals surface area contributed by atoms with Gasteiger partial charge in [0.05, 0.1) is 19.6 Å². The van der Waals surface area contributed by atoms with Crippen molar-refractivity contribution in [2.24, 2.45) is 5.73 Å². The van der Waals surface area contributed by atoms with Gasteiger partial charge < -0.3 is 20.1 Å². The van der Waals surface area contributed by atoms with Crippen LogP contribution in [0.2, 0.25) is 0 Å². The fourth-order valence-corrected chi connectivity index (χ4v) is 2.85. The molecule has 130 valence electrons. The Bertz CT molecular complexity index is 541. The Kier molecular flexibility index (Phi) is 6.71. The van der Waals surface area contributed by atoms with E-state index < -0.39 is 5.41 Å². The summed E-state index contributed by atoms with van der Waals surface area (Å²) in [6, 6.07) is 5.87. The van der Waals surface area contributed by atoms with Crippen LogP contribution in [0.5, 0.6) is 11.5 Å². The lowest BCUT2D eigenvalue weighted by Gasteiger charge is -2.36. The molecule has 0 unspecified atom stereocenters. The van der Waals surface area contributed by atoms with Crippen LogP contribution in [0.1, 0.15) is 32.3 Å². The topological polar surface area (TPSA) is 64.8 Å². The Balaban J connectivity index is 0.00000264. The monoisotopic (exact) mass is 342 g/mol. The van der Waals surface area contributed by atoms with E-state index >= 15 is 0 Å². The van der Waals surface area contributed by atoms with E-state index in [-0.39, 0.29) is 24.4 Å². The van der Waals surface area contributed by atoms with Crippen molar-refractivity contribution < 1.29 is 14.3 Å². The summed E-state index contributed by atoms with van der Waals surface area (Å²) < 4.78 is 10.6. The number of nitrogens with zero attached hydrogens (tertiary/aromatic N) is 1. The number of hydrogen-bond acceptors (Lipinski definition) is 4. The zero-order valence-electron chi connectivity index (χ0n) is 14.3. The summed E-state index contributed by atoms with van der Waals surface area (Å²) in [7, 11) is 3.20. The van der Waals surface area contributed by atoms with Gasteiger partial charge in [-0.3, -0.25) is 4.79 Å². The summed E-state index contributed by atoms with van der Waals surface area (Å²) in [6.07, 6.45) is 1.74. The molecule has 1 amide bonds. The van der Waals surface area contributed by atoms with E-state index in [1.54, 1.807) is 14.2 Å². The summed E-state index contributed by atoms with van der Waals surface area (Å²) in [4.78, 5) is 14.8. The Morgan fingerprint density at radius 3 is 2.26 bits per heavy atom. The average molecular weight is 343 g/mol. The maximum atomic E-state index is 12.9. The van der Waals surface area contributed by atoms with Crippen LogP contribution in [0.15, 0.2) is 18.2 Å². The first-order valence-electron chi connectivity index (χ1n) is 7.67. The normalized spacial score (nSPS) is 15.8. The molecule has 5 nitrogen and oxygen atoms in total. The molecule has 2 N–H and O–H groups in total. The summed E-state index contributed by atoms with van der Waals surface area (Å²) in [5, 5.41) is 0. The number of likely N-dealkylation sites (tertiary alicyclic amines) is 1. The van der Waals surface area contributed by atoms with Crippen molar-refractivity contribution in [3.05, 3.63) is 23.8 Å². The van der Waals surface area contributed by atoms with Crippen LogP contribution >= 0.6 is 12.4 Å². The van der Waals surface area contributed by atoms with Crippen molar-refractivity contribution in [3.63, 3.8) is 0 Å². The van der Waals surface area contributed by atoms with Crippen LogP contribution in [-0.2, 0) is 10.2 Å². The van der Waals surface area contributed by atoms with Gasteiger partial charge in [0, 0.05) is 19.1 Å². The number of methoxy groups -OCH3 is 2. The molecule has 0 saturated carbocycles. The number of rotatable bonds is 4. The van der Waals surface area contributed by atoms with Crippen LogP contribution in [0.25, 0.3) is 0 Å². The van der Waals surface area contributed by atoms with E-state index in [1.807, 2.05) is 36.9 Å². The smallest absolute Gasteiger partial charge is 0.232 e. The molecule has 0 radical (unpaired) electrons. The molecular formula is C17H27ClN2O3. The van der Waals surface area contributed by atoms with Gasteiger partial charge in [-0.05, 0) is 44.4 Å². The number of carbonyl (C=O) groups is 1. The zero-order chi connectivity index (χ0) is 16.3. The average Bonchev–Trinajstić information content (AvgIpc) is 2.54. The largest absolute Gasteiger partial charge is 0.493 e. The van der Waals surface area contributed by atoms with E-state index in [0.29, 0.717) is 11.5 Å². The molecule has 1 fully saturated rings. The van der Waals surface area contributed by atoms with E-state index in [2.05, 4.69) is 0 Å². The fraction of sp³-hybridized carbons (Fsp3) is 0.588. The molecule has 1 aromatic rings. The quantitative estimate of drug-likeness (QED) is 0.912. The van der Waals surface area contributed by atoms with Crippen LogP contribution in [0.4, 0.5) is 0 Å². The number of benzene rings is 1. The number of nitrogens with two attached hydrogens (primary N) is 1. The molecule has 1 aromatic carbocycles. The van der Waals surface area contributed by atoms with Crippen molar-refractivity contribution in [1.82, 2.24) is 4.90 Å². The van der Waals surface area contributed by atoms with E-state index in [9.17, 15) is 4.79 Å². The van der Waals surface area contributed by atoms with E-state index in [4.69, 9.17) is 15.2 Å². The van der Waals surface area contributed by atoms with Crippen LogP contribution < -0.4 is 15.2 Å². The second-order valence-electron chi connectivity index (χ2n) is 6.32. The van der Waals surface area contributed by atoms with Crippen molar-refractivity contribution in [1.29, 1.82) is 0 Å². The van der Waals surface area contributed by atoms with Crippen molar-refractivity contribution in [2.75, 3.05) is 27.3 Å². The second-order valence-corrected chi connectivity index (χ2v) is 6.32. The molecule has 23 heavy (non-hydrogen) atoms. The molecule has 0 atom stereocenters. The van der Waals surface area contributed by atoms with Gasteiger partial charge in [-0.25, -0.2) is 0 Å². The molecule has 6 heteroatoms. The van der Waals surface area contributed by atoms with Gasteiger partial charge >= 0.3 is 0 Å². The summed E-state index contributed by atoms with van der Waals surface area (Å²) >= 11 is 0. The predicted molar refractivity (Wildman–Crippen MR) is 93.6 cm³/mol. The Hall–Kier alpha value is -1.46. The van der Waals surface area contributed by atoms with Gasteiger partial charge in [0.25, 0.3) is 0 Å². The molecular weight excluding hydrogens is 316 g/mol. The number of halogens is 1. The number of piperidine rings is 1. The Morgan fingerprint density at radius 1 is 1.17 bits per heavy atom. The fourth-order valence-electron chi connectivity index (χ4n) is 2.85. The summed E-state index contributed by atoms with van der Waals surface area (Å²) in [5.41, 5.74) is 6.23. The SMILES string of the molecule is COc1ccc(C(C)(C)C(=O)N2CCC(N)CC2)cc1OC.Cl. The minimum Gasteiger partial charge on any atom is -0.493 e. The number of hydrogen-bond donors (Lipinski definition) is 1. The molecule has 1 saturated heterocycles. The molecule has 0 aromatic heterocycles. The highest BCUT2D eigenvalue weighted by Gasteiger charge is 2.35. The van der Waals surface area contributed by atoms with Gasteiger partial charge in [-0.2, -0.15) is 0 Å². The lowest BCUT2D eigenvalue weighted by Crippen LogP contribution is -2.49. The summed E-state index contributed by atoms with van der Waals surface area (Å²) in [6.45, 7) is 5.36. The highest BCUT2D eigenvalue weighted by Crippen LogP contribution is 2.34. The molecule has 2 rings (SSSR count). The number of amides is 1. The minimum absolute atomic E-state index is 0. The maximum Gasteiger partial charge on any atom is 0.232 e. The molecule has 1 aliphatic rings. The second kappa shape index (κ2) is 7.88. The molecule has 0 bridgehead atoms. The van der Waals surface area contributed by atoms with Gasteiger partial charge in [-0.1, -0.05) is 6.07 Å². The van der Waals surface area contributed by atoms with Crippen molar-refractivity contribution >= 4 is 18.3 Å². The third kappa shape index (κ3) is 4.09. The van der Waals surface area contributed by atoms with E-state index in [1.165, 1.54) is 0 Å². The van der Waals surface area contributed by atoms with Crippen LogP contribution in [0, 0.1) is 0 Å². The number of ether oxygens (including phenoxy) is 2. The molecule has 1 aliphatic heterocycles. The van der Waals surface area contributed by atoms with Gasteiger partial charge in [0.15, 0.2) is 11.5 Å². The standard InChI is InChI=1S/C17H26N2O3.ClH/c1-17(2,16(20)19-9-7-13(18)8-10-19)12-5-6-14(21-3)15(11-12)22-4;/h5-6,11,13H,7-10,18H2,1-4H3;1H. The third-order valence-corrected chi connectivity index (χ3v) is 4.47.